The van der Waals surface area contributed by atoms with E-state index >= 15 is 0 Å². The Morgan fingerprint density at radius 3 is 2.77 bits per heavy atom. The molecular weight excluding hydrogens is 398 g/mol. The van der Waals surface area contributed by atoms with Gasteiger partial charge in [0.25, 0.3) is 5.91 Å². The Kier molecular flexibility index (Phi) is 5.70. The minimum atomic E-state index is -0.629. The standard InChI is InChI=1S/C18H22BrN5O2/c1-11(2)16(21-17(25)12-6-3-4-7-13(12)19)18(26)20-10-15-23-22-14-8-5-9-24(14)15/h3-4,6-7,11,16H,5,8-10H2,1-2H3,(H,20,26)(H,21,25). The molecule has 0 fully saturated rings. The van der Waals surface area contributed by atoms with Gasteiger partial charge in [-0.1, -0.05) is 26.0 Å². The van der Waals surface area contributed by atoms with Gasteiger partial charge in [-0.2, -0.15) is 0 Å². The first kappa shape index (κ1) is 18.6. The lowest BCUT2D eigenvalue weighted by Crippen LogP contribution is -2.49. The second-order valence-electron chi connectivity index (χ2n) is 6.68. The normalized spacial score (nSPS) is 14.2. The van der Waals surface area contributed by atoms with Crippen LogP contribution in [0, 0.1) is 5.92 Å². The van der Waals surface area contributed by atoms with Gasteiger partial charge in [-0.3, -0.25) is 9.59 Å². The van der Waals surface area contributed by atoms with E-state index in [4.69, 9.17) is 0 Å². The highest BCUT2D eigenvalue weighted by molar-refractivity contribution is 9.10. The Morgan fingerprint density at radius 2 is 2.04 bits per heavy atom. The van der Waals surface area contributed by atoms with E-state index in [1.165, 1.54) is 0 Å². The van der Waals surface area contributed by atoms with E-state index in [0.29, 0.717) is 16.6 Å². The maximum absolute atomic E-state index is 12.6. The van der Waals surface area contributed by atoms with Gasteiger partial charge in [-0.15, -0.1) is 10.2 Å². The lowest BCUT2D eigenvalue weighted by atomic mass is 10.0. The summed E-state index contributed by atoms with van der Waals surface area (Å²) in [5.74, 6) is 1.17. The molecular formula is C18H22BrN5O2. The molecule has 138 valence electrons. The van der Waals surface area contributed by atoms with Crippen molar-refractivity contribution in [3.63, 3.8) is 0 Å². The van der Waals surface area contributed by atoms with E-state index in [1.807, 2.05) is 24.5 Å². The number of aryl methyl sites for hydroxylation is 1. The molecule has 1 aliphatic rings. The fourth-order valence-corrected chi connectivity index (χ4v) is 3.48. The van der Waals surface area contributed by atoms with Gasteiger partial charge >= 0.3 is 0 Å². The van der Waals surface area contributed by atoms with E-state index in [1.54, 1.807) is 18.2 Å². The van der Waals surface area contributed by atoms with Crippen molar-refractivity contribution in [3.8, 4) is 0 Å². The number of hydrogen-bond donors (Lipinski definition) is 2. The minimum Gasteiger partial charge on any atom is -0.347 e. The van der Waals surface area contributed by atoms with Crippen LogP contribution in [0.15, 0.2) is 28.7 Å². The summed E-state index contributed by atoms with van der Waals surface area (Å²) in [4.78, 5) is 25.2. The molecule has 2 amide bonds. The van der Waals surface area contributed by atoms with E-state index < -0.39 is 6.04 Å². The number of hydrogen-bond acceptors (Lipinski definition) is 4. The van der Waals surface area contributed by atoms with E-state index in [2.05, 4.69) is 36.8 Å². The Bertz CT molecular complexity index is 818. The van der Waals surface area contributed by atoms with Crippen LogP contribution in [0.4, 0.5) is 0 Å². The predicted octanol–water partition coefficient (Wildman–Crippen LogP) is 2.06. The number of nitrogens with one attached hydrogen (secondary N) is 2. The molecule has 3 rings (SSSR count). The van der Waals surface area contributed by atoms with Crippen molar-refractivity contribution >= 4 is 27.7 Å². The Labute approximate surface area is 160 Å². The maximum Gasteiger partial charge on any atom is 0.253 e. The summed E-state index contributed by atoms with van der Waals surface area (Å²) in [5.41, 5.74) is 0.501. The highest BCUT2D eigenvalue weighted by atomic mass is 79.9. The smallest absolute Gasteiger partial charge is 0.253 e. The van der Waals surface area contributed by atoms with Gasteiger partial charge in [0.1, 0.15) is 11.9 Å². The summed E-state index contributed by atoms with van der Waals surface area (Å²) in [6.45, 7) is 5.00. The van der Waals surface area contributed by atoms with Gasteiger partial charge in [-0.25, -0.2) is 0 Å². The fourth-order valence-electron chi connectivity index (χ4n) is 3.02. The first-order chi connectivity index (χ1) is 12.5. The van der Waals surface area contributed by atoms with Crippen molar-refractivity contribution in [1.82, 2.24) is 25.4 Å². The van der Waals surface area contributed by atoms with E-state index in [9.17, 15) is 9.59 Å². The number of halogens is 1. The summed E-state index contributed by atoms with van der Waals surface area (Å²) in [5, 5.41) is 14.0. The number of nitrogens with zero attached hydrogens (tertiary/aromatic N) is 3. The van der Waals surface area contributed by atoms with Crippen LogP contribution in [-0.4, -0.2) is 32.6 Å². The Hall–Kier alpha value is -2.22. The second-order valence-corrected chi connectivity index (χ2v) is 7.53. The quantitative estimate of drug-likeness (QED) is 0.749. The van der Waals surface area contributed by atoms with E-state index in [-0.39, 0.29) is 17.7 Å². The van der Waals surface area contributed by atoms with Crippen molar-refractivity contribution in [1.29, 1.82) is 0 Å². The van der Waals surface area contributed by atoms with Crippen LogP contribution in [0.2, 0.25) is 0 Å². The van der Waals surface area contributed by atoms with Crippen LogP contribution in [-0.2, 0) is 24.3 Å². The monoisotopic (exact) mass is 419 g/mol. The van der Waals surface area contributed by atoms with Crippen molar-refractivity contribution in [2.45, 2.75) is 45.8 Å². The average molecular weight is 420 g/mol. The van der Waals surface area contributed by atoms with Gasteiger partial charge in [0.2, 0.25) is 5.91 Å². The third kappa shape index (κ3) is 3.95. The number of fused-ring (bicyclic) bond motifs is 1. The number of aromatic nitrogens is 3. The van der Waals surface area contributed by atoms with Crippen molar-refractivity contribution in [3.05, 3.63) is 46.0 Å². The first-order valence-corrected chi connectivity index (χ1v) is 9.50. The minimum absolute atomic E-state index is 0.0504. The zero-order valence-corrected chi connectivity index (χ0v) is 16.4. The number of amides is 2. The number of rotatable bonds is 6. The zero-order chi connectivity index (χ0) is 18.7. The molecule has 8 heteroatoms. The fraction of sp³-hybridized carbons (Fsp3) is 0.444. The summed E-state index contributed by atoms with van der Waals surface area (Å²) in [6.07, 6.45) is 1.99. The highest BCUT2D eigenvalue weighted by Crippen LogP contribution is 2.17. The van der Waals surface area contributed by atoms with Gasteiger partial charge < -0.3 is 15.2 Å². The highest BCUT2D eigenvalue weighted by Gasteiger charge is 2.26. The Balaban J connectivity index is 1.64. The molecule has 1 atom stereocenters. The van der Waals surface area contributed by atoms with Crippen LogP contribution in [0.25, 0.3) is 0 Å². The molecule has 1 aromatic heterocycles. The molecule has 0 bridgehead atoms. The average Bonchev–Trinajstić information content (AvgIpc) is 3.21. The lowest BCUT2D eigenvalue weighted by molar-refractivity contribution is -0.124. The SMILES string of the molecule is CC(C)C(NC(=O)c1ccccc1Br)C(=O)NCc1nnc2n1CCC2. The van der Waals surface area contributed by atoms with Crippen LogP contribution < -0.4 is 10.6 Å². The predicted molar refractivity (Wildman–Crippen MR) is 100 cm³/mol. The van der Waals surface area contributed by atoms with E-state index in [0.717, 1.165) is 31.0 Å². The molecule has 1 aromatic carbocycles. The van der Waals surface area contributed by atoms with Crippen molar-refractivity contribution < 1.29 is 9.59 Å². The van der Waals surface area contributed by atoms with Crippen molar-refractivity contribution in [2.24, 2.45) is 5.92 Å². The van der Waals surface area contributed by atoms with Crippen LogP contribution in [0.5, 0.6) is 0 Å². The summed E-state index contributed by atoms with van der Waals surface area (Å²) in [7, 11) is 0. The summed E-state index contributed by atoms with van der Waals surface area (Å²) in [6, 6.07) is 6.51. The van der Waals surface area contributed by atoms with Gasteiger partial charge in [0.05, 0.1) is 12.1 Å². The first-order valence-electron chi connectivity index (χ1n) is 8.71. The molecule has 1 unspecified atom stereocenters. The van der Waals surface area contributed by atoms with Crippen LogP contribution >= 0.6 is 15.9 Å². The zero-order valence-electron chi connectivity index (χ0n) is 14.8. The van der Waals surface area contributed by atoms with Gasteiger partial charge in [0.15, 0.2) is 5.82 Å². The number of carbonyl (C=O) groups excluding carboxylic acids is 2. The molecule has 7 nitrogen and oxygen atoms in total. The molecule has 26 heavy (non-hydrogen) atoms. The molecule has 2 heterocycles. The molecule has 0 aliphatic carbocycles. The molecule has 1 aliphatic heterocycles. The summed E-state index contributed by atoms with van der Waals surface area (Å²) < 4.78 is 2.74. The number of carbonyl (C=O) groups is 2. The van der Waals surface area contributed by atoms with Crippen LogP contribution in [0.3, 0.4) is 0 Å². The van der Waals surface area contributed by atoms with Crippen LogP contribution in [0.1, 0.15) is 42.3 Å². The Morgan fingerprint density at radius 1 is 1.27 bits per heavy atom. The molecule has 0 saturated carbocycles. The van der Waals surface area contributed by atoms with Crippen molar-refractivity contribution in [2.75, 3.05) is 0 Å². The van der Waals surface area contributed by atoms with Gasteiger partial charge in [0, 0.05) is 17.4 Å². The summed E-state index contributed by atoms with van der Waals surface area (Å²) >= 11 is 3.37. The molecule has 0 saturated heterocycles. The van der Waals surface area contributed by atoms with Gasteiger partial charge in [-0.05, 0) is 40.4 Å². The maximum atomic E-state index is 12.6. The molecule has 0 radical (unpaired) electrons. The third-order valence-corrected chi connectivity index (χ3v) is 5.15. The second kappa shape index (κ2) is 7.99. The third-order valence-electron chi connectivity index (χ3n) is 4.46. The number of benzene rings is 1. The molecule has 0 spiro atoms. The lowest BCUT2D eigenvalue weighted by Gasteiger charge is -2.22. The topological polar surface area (TPSA) is 88.9 Å². The molecule has 2 N–H and O–H groups in total. The largest absolute Gasteiger partial charge is 0.347 e. The molecule has 2 aromatic rings.